The highest BCUT2D eigenvalue weighted by Gasteiger charge is 2.42. The van der Waals surface area contributed by atoms with E-state index >= 15 is 0 Å². The van der Waals surface area contributed by atoms with E-state index in [1.54, 1.807) is 0 Å². The number of likely N-dealkylation sites (tertiary alicyclic amines) is 1. The van der Waals surface area contributed by atoms with Crippen molar-refractivity contribution in [2.45, 2.75) is 64.1 Å². The van der Waals surface area contributed by atoms with Gasteiger partial charge >= 0.3 is 5.97 Å². The molecule has 4 nitrogen and oxygen atoms in total. The summed E-state index contributed by atoms with van der Waals surface area (Å²) in [6.07, 6.45) is 4.88. The summed E-state index contributed by atoms with van der Waals surface area (Å²) in [5.41, 5.74) is -0.568. The number of carbonyl (C=O) groups is 1. The number of piperidine rings is 1. The molecule has 0 aromatic carbocycles. The summed E-state index contributed by atoms with van der Waals surface area (Å²) >= 11 is 0. The molecule has 3 atom stereocenters. The maximum Gasteiger partial charge on any atom is 0.327 e. The average molecular weight is 268 g/mol. The van der Waals surface area contributed by atoms with Gasteiger partial charge in [-0.3, -0.25) is 15.0 Å². The minimum Gasteiger partial charge on any atom is -0.468 e. The molecular formula is C15H28N2O2. The van der Waals surface area contributed by atoms with Gasteiger partial charge in [0.05, 0.1) is 7.11 Å². The second kappa shape index (κ2) is 5.80. The first-order chi connectivity index (χ1) is 8.94. The van der Waals surface area contributed by atoms with Crippen molar-refractivity contribution in [1.82, 2.24) is 10.2 Å². The molecule has 4 heteroatoms. The van der Waals surface area contributed by atoms with Gasteiger partial charge in [0.15, 0.2) is 0 Å². The van der Waals surface area contributed by atoms with Gasteiger partial charge < -0.3 is 4.74 Å². The molecule has 0 aromatic rings. The average Bonchev–Trinajstić information content (AvgIpc) is 3.16. The standard InChI is InChI=1S/C15H28N2O2/c1-11-5-6-12(2)17(9-11)10-15(3,14(18)19-4)16-13-7-8-13/h11-13,16H,5-10H2,1-4H3. The molecule has 110 valence electrons. The van der Waals surface area contributed by atoms with Gasteiger partial charge in [-0.05, 0) is 45.4 Å². The number of methoxy groups -OCH3 is 1. The molecule has 1 heterocycles. The Kier molecular flexibility index (Phi) is 4.51. The number of esters is 1. The van der Waals surface area contributed by atoms with Gasteiger partial charge in [-0.15, -0.1) is 0 Å². The number of nitrogens with one attached hydrogen (secondary N) is 1. The molecule has 3 unspecified atom stereocenters. The predicted molar refractivity (Wildman–Crippen MR) is 76.0 cm³/mol. The third-order valence-electron chi connectivity index (χ3n) is 4.50. The van der Waals surface area contributed by atoms with Crippen LogP contribution in [0.4, 0.5) is 0 Å². The van der Waals surface area contributed by atoms with Crippen molar-refractivity contribution in [3.8, 4) is 0 Å². The smallest absolute Gasteiger partial charge is 0.327 e. The number of nitrogens with zero attached hydrogens (tertiary/aromatic N) is 1. The summed E-state index contributed by atoms with van der Waals surface area (Å²) < 4.78 is 5.02. The minimum absolute atomic E-state index is 0.134. The number of hydrogen-bond donors (Lipinski definition) is 1. The van der Waals surface area contributed by atoms with Crippen molar-refractivity contribution < 1.29 is 9.53 Å². The third-order valence-corrected chi connectivity index (χ3v) is 4.50. The lowest BCUT2D eigenvalue weighted by Gasteiger charge is -2.41. The first-order valence-corrected chi connectivity index (χ1v) is 7.55. The lowest BCUT2D eigenvalue weighted by Crippen LogP contribution is -2.60. The van der Waals surface area contributed by atoms with Crippen molar-refractivity contribution in [2.24, 2.45) is 5.92 Å². The molecule has 1 saturated carbocycles. The molecule has 0 spiro atoms. The largest absolute Gasteiger partial charge is 0.468 e. The number of rotatable bonds is 5. The van der Waals surface area contributed by atoms with Crippen LogP contribution in [0.1, 0.15) is 46.5 Å². The van der Waals surface area contributed by atoms with Crippen molar-refractivity contribution in [3.05, 3.63) is 0 Å². The Morgan fingerprint density at radius 3 is 2.58 bits per heavy atom. The highest BCUT2D eigenvalue weighted by Crippen LogP contribution is 2.27. The fraction of sp³-hybridized carbons (Fsp3) is 0.933. The maximum atomic E-state index is 12.1. The molecule has 2 fully saturated rings. The first kappa shape index (κ1) is 14.8. The van der Waals surface area contributed by atoms with Crippen molar-refractivity contribution in [2.75, 3.05) is 20.2 Å². The van der Waals surface area contributed by atoms with Crippen LogP contribution in [0.3, 0.4) is 0 Å². The van der Waals surface area contributed by atoms with Crippen LogP contribution >= 0.6 is 0 Å². The molecule has 19 heavy (non-hydrogen) atoms. The van der Waals surface area contributed by atoms with Crippen LogP contribution in [-0.4, -0.2) is 48.7 Å². The Morgan fingerprint density at radius 1 is 1.32 bits per heavy atom. The number of hydrogen-bond acceptors (Lipinski definition) is 4. The fourth-order valence-electron chi connectivity index (χ4n) is 3.08. The summed E-state index contributed by atoms with van der Waals surface area (Å²) in [6.45, 7) is 8.38. The highest BCUT2D eigenvalue weighted by atomic mass is 16.5. The van der Waals surface area contributed by atoms with E-state index < -0.39 is 5.54 Å². The minimum atomic E-state index is -0.568. The van der Waals surface area contributed by atoms with E-state index in [2.05, 4.69) is 24.1 Å². The van der Waals surface area contributed by atoms with E-state index in [-0.39, 0.29) is 5.97 Å². The Balaban J connectivity index is 2.03. The topological polar surface area (TPSA) is 41.6 Å². The predicted octanol–water partition coefficient (Wildman–Crippen LogP) is 1.79. The van der Waals surface area contributed by atoms with Crippen molar-refractivity contribution in [1.29, 1.82) is 0 Å². The molecule has 1 aliphatic carbocycles. The normalized spacial score (nSPS) is 31.8. The van der Waals surface area contributed by atoms with Crippen LogP contribution in [0.5, 0.6) is 0 Å². The summed E-state index contributed by atoms with van der Waals surface area (Å²) in [4.78, 5) is 14.6. The molecule has 2 rings (SSSR count). The summed E-state index contributed by atoms with van der Waals surface area (Å²) in [5.74, 6) is 0.587. The summed E-state index contributed by atoms with van der Waals surface area (Å²) in [5, 5.41) is 3.48. The van der Waals surface area contributed by atoms with Gasteiger partial charge in [0, 0.05) is 25.2 Å². The van der Waals surface area contributed by atoms with Crippen LogP contribution in [0, 0.1) is 5.92 Å². The second-order valence-corrected chi connectivity index (χ2v) is 6.70. The Labute approximate surface area is 116 Å². The lowest BCUT2D eigenvalue weighted by molar-refractivity contribution is -0.149. The molecule has 0 bridgehead atoms. The van der Waals surface area contributed by atoms with E-state index in [1.807, 2.05) is 6.92 Å². The van der Waals surface area contributed by atoms with E-state index in [1.165, 1.54) is 32.8 Å². The summed E-state index contributed by atoms with van der Waals surface area (Å²) in [7, 11) is 1.48. The third kappa shape index (κ3) is 3.69. The molecule has 1 aliphatic heterocycles. The van der Waals surface area contributed by atoms with Gasteiger partial charge in [-0.25, -0.2) is 0 Å². The van der Waals surface area contributed by atoms with Crippen molar-refractivity contribution >= 4 is 5.97 Å². The van der Waals surface area contributed by atoms with Gasteiger partial charge in [0.1, 0.15) is 5.54 Å². The monoisotopic (exact) mass is 268 g/mol. The fourth-order valence-corrected chi connectivity index (χ4v) is 3.08. The maximum absolute atomic E-state index is 12.1. The molecular weight excluding hydrogens is 240 g/mol. The van der Waals surface area contributed by atoms with E-state index in [4.69, 9.17) is 4.74 Å². The van der Waals surface area contributed by atoms with E-state index in [0.29, 0.717) is 12.1 Å². The van der Waals surface area contributed by atoms with Gasteiger partial charge in [-0.1, -0.05) is 6.92 Å². The number of carbonyl (C=O) groups excluding carboxylic acids is 1. The Hall–Kier alpha value is -0.610. The van der Waals surface area contributed by atoms with E-state index in [0.717, 1.165) is 19.0 Å². The first-order valence-electron chi connectivity index (χ1n) is 7.55. The lowest BCUT2D eigenvalue weighted by atomic mass is 9.92. The van der Waals surface area contributed by atoms with Crippen LogP contribution in [0.2, 0.25) is 0 Å². The van der Waals surface area contributed by atoms with Crippen LogP contribution < -0.4 is 5.32 Å². The van der Waals surface area contributed by atoms with Crippen molar-refractivity contribution in [3.63, 3.8) is 0 Å². The van der Waals surface area contributed by atoms with Crippen LogP contribution in [0.15, 0.2) is 0 Å². The van der Waals surface area contributed by atoms with Gasteiger partial charge in [-0.2, -0.15) is 0 Å². The summed E-state index contributed by atoms with van der Waals surface area (Å²) in [6, 6.07) is 1.06. The molecule has 2 aliphatic rings. The highest BCUT2D eigenvalue weighted by molar-refractivity contribution is 5.80. The number of ether oxygens (including phenoxy) is 1. The van der Waals surface area contributed by atoms with E-state index in [9.17, 15) is 4.79 Å². The van der Waals surface area contributed by atoms with Crippen LogP contribution in [-0.2, 0) is 9.53 Å². The Bertz CT molecular complexity index is 330. The molecule has 0 aromatic heterocycles. The Morgan fingerprint density at radius 2 is 2.00 bits per heavy atom. The van der Waals surface area contributed by atoms with Gasteiger partial charge in [0.2, 0.25) is 0 Å². The zero-order valence-corrected chi connectivity index (χ0v) is 12.7. The molecule has 0 amide bonds. The van der Waals surface area contributed by atoms with Gasteiger partial charge in [0.25, 0.3) is 0 Å². The zero-order chi connectivity index (χ0) is 14.0. The second-order valence-electron chi connectivity index (χ2n) is 6.70. The van der Waals surface area contributed by atoms with Crippen LogP contribution in [0.25, 0.3) is 0 Å². The molecule has 1 N–H and O–H groups in total. The molecule has 0 radical (unpaired) electrons. The molecule has 1 saturated heterocycles. The zero-order valence-electron chi connectivity index (χ0n) is 12.7. The SMILES string of the molecule is COC(=O)C(C)(CN1CC(C)CCC1C)NC1CC1. The quantitative estimate of drug-likeness (QED) is 0.772.